The molecule has 4 rings (SSSR count). The Kier molecular flexibility index (Phi) is 4.37. The predicted molar refractivity (Wildman–Crippen MR) is 107 cm³/mol. The van der Waals surface area contributed by atoms with E-state index in [1.165, 1.54) is 12.8 Å². The zero-order valence-corrected chi connectivity index (χ0v) is 16.2. The average molecular weight is 366 g/mol. The van der Waals surface area contributed by atoms with E-state index < -0.39 is 6.04 Å². The molecule has 1 atom stereocenters. The van der Waals surface area contributed by atoms with E-state index >= 15 is 0 Å². The standard InChI is InChI=1S/C20H26N6O/c1-12(2)26-18(11-27)16-9-14(25(3)4)7-8-15(16)20(24-26)21-19-10-17(22-23-19)13-5-6-13/h7-13,18H,5-6H2,1-4H3,(H2,21,22,23,24). The fraction of sp³-hybridized carbons (Fsp3) is 0.450. The average Bonchev–Trinajstić information content (AvgIpc) is 3.40. The summed E-state index contributed by atoms with van der Waals surface area (Å²) in [6.07, 6.45) is 3.40. The quantitative estimate of drug-likeness (QED) is 0.795. The minimum atomic E-state index is -0.394. The summed E-state index contributed by atoms with van der Waals surface area (Å²) in [5, 5.41) is 17.5. The molecule has 7 nitrogen and oxygen atoms in total. The van der Waals surface area contributed by atoms with Crippen molar-refractivity contribution in [2.45, 2.75) is 44.7 Å². The van der Waals surface area contributed by atoms with Crippen molar-refractivity contribution in [1.29, 1.82) is 0 Å². The van der Waals surface area contributed by atoms with E-state index in [-0.39, 0.29) is 6.04 Å². The van der Waals surface area contributed by atoms with Gasteiger partial charge in [-0.1, -0.05) is 0 Å². The minimum absolute atomic E-state index is 0.0944. The van der Waals surface area contributed by atoms with Crippen LogP contribution in [0.2, 0.25) is 0 Å². The van der Waals surface area contributed by atoms with Crippen LogP contribution in [0.5, 0.6) is 0 Å². The fourth-order valence-corrected chi connectivity index (χ4v) is 3.44. The number of aromatic amines is 1. The molecular formula is C20H26N6O. The largest absolute Gasteiger partial charge is 0.378 e. The van der Waals surface area contributed by atoms with Crippen molar-refractivity contribution in [3.05, 3.63) is 41.1 Å². The maximum absolute atomic E-state index is 11.9. The second-order valence-electron chi connectivity index (χ2n) is 7.78. The Balaban J connectivity index is 1.73. The van der Waals surface area contributed by atoms with Crippen LogP contribution in [0.1, 0.15) is 55.5 Å². The summed E-state index contributed by atoms with van der Waals surface area (Å²) in [5.74, 6) is 2.14. The van der Waals surface area contributed by atoms with Crippen LogP contribution in [0.15, 0.2) is 29.4 Å². The SMILES string of the molecule is CC(C)N1N=C(Nc2cc(C3CC3)n[nH]2)c2ccc(N(C)C)cc2C1C=O. The number of amidine groups is 1. The highest BCUT2D eigenvalue weighted by molar-refractivity contribution is 6.10. The summed E-state index contributed by atoms with van der Waals surface area (Å²) < 4.78 is 0. The van der Waals surface area contributed by atoms with E-state index in [1.54, 1.807) is 0 Å². The number of H-pyrrole nitrogens is 1. The number of nitrogens with one attached hydrogen (secondary N) is 2. The molecule has 1 aliphatic carbocycles. The van der Waals surface area contributed by atoms with Gasteiger partial charge in [-0.2, -0.15) is 10.2 Å². The number of nitrogens with zero attached hydrogens (tertiary/aromatic N) is 4. The van der Waals surface area contributed by atoms with Crippen molar-refractivity contribution >= 4 is 23.6 Å². The van der Waals surface area contributed by atoms with Gasteiger partial charge in [-0.05, 0) is 50.5 Å². The molecule has 27 heavy (non-hydrogen) atoms. The summed E-state index contributed by atoms with van der Waals surface area (Å²) in [7, 11) is 4.00. The third-order valence-corrected chi connectivity index (χ3v) is 5.13. The van der Waals surface area contributed by atoms with Gasteiger partial charge in [-0.25, -0.2) is 0 Å². The normalized spacial score (nSPS) is 18.9. The van der Waals surface area contributed by atoms with Crippen LogP contribution in [0.3, 0.4) is 0 Å². The van der Waals surface area contributed by atoms with Crippen LogP contribution in [-0.2, 0) is 4.79 Å². The molecular weight excluding hydrogens is 340 g/mol. The summed E-state index contributed by atoms with van der Waals surface area (Å²) in [4.78, 5) is 13.9. The Morgan fingerprint density at radius 1 is 1.30 bits per heavy atom. The van der Waals surface area contributed by atoms with Gasteiger partial charge in [0.25, 0.3) is 0 Å². The summed E-state index contributed by atoms with van der Waals surface area (Å²) in [5.41, 5.74) is 4.06. The number of anilines is 2. The van der Waals surface area contributed by atoms with Crippen LogP contribution in [0.4, 0.5) is 11.5 Å². The van der Waals surface area contributed by atoms with Gasteiger partial charge >= 0.3 is 0 Å². The third-order valence-electron chi connectivity index (χ3n) is 5.13. The highest BCUT2D eigenvalue weighted by atomic mass is 16.1. The Morgan fingerprint density at radius 3 is 2.70 bits per heavy atom. The first-order valence-corrected chi connectivity index (χ1v) is 9.44. The number of rotatable bonds is 5. The molecule has 1 aliphatic heterocycles. The van der Waals surface area contributed by atoms with Gasteiger partial charge in [0, 0.05) is 43.4 Å². The van der Waals surface area contributed by atoms with E-state index in [4.69, 9.17) is 5.10 Å². The number of benzene rings is 1. The lowest BCUT2D eigenvalue weighted by molar-refractivity contribution is -0.113. The number of carbonyl (C=O) groups is 1. The van der Waals surface area contributed by atoms with Gasteiger partial charge in [0.05, 0.1) is 5.69 Å². The lowest BCUT2D eigenvalue weighted by atomic mass is 9.96. The fourth-order valence-electron chi connectivity index (χ4n) is 3.44. The highest BCUT2D eigenvalue weighted by Crippen LogP contribution is 2.39. The molecule has 2 aliphatic rings. The van der Waals surface area contributed by atoms with Gasteiger partial charge < -0.3 is 15.0 Å². The topological polar surface area (TPSA) is 76.6 Å². The molecule has 0 bridgehead atoms. The summed E-state index contributed by atoms with van der Waals surface area (Å²) in [6.45, 7) is 4.08. The van der Waals surface area contributed by atoms with Crippen molar-refractivity contribution in [1.82, 2.24) is 15.2 Å². The van der Waals surface area contributed by atoms with Crippen molar-refractivity contribution in [2.24, 2.45) is 5.10 Å². The van der Waals surface area contributed by atoms with E-state index in [1.807, 2.05) is 50.0 Å². The van der Waals surface area contributed by atoms with Crippen molar-refractivity contribution < 1.29 is 4.79 Å². The Labute approximate surface area is 159 Å². The van der Waals surface area contributed by atoms with Crippen LogP contribution in [0, 0.1) is 0 Å². The van der Waals surface area contributed by atoms with Gasteiger partial charge in [-0.3, -0.25) is 10.1 Å². The van der Waals surface area contributed by atoms with Gasteiger partial charge in [-0.15, -0.1) is 0 Å². The number of hydrazone groups is 1. The zero-order chi connectivity index (χ0) is 19.1. The maximum Gasteiger partial charge on any atom is 0.159 e. The number of fused-ring (bicyclic) bond motifs is 1. The Hall–Kier alpha value is -2.83. The summed E-state index contributed by atoms with van der Waals surface area (Å²) in [6, 6.07) is 7.91. The molecule has 1 aromatic carbocycles. The number of hydrogen-bond acceptors (Lipinski definition) is 6. The zero-order valence-electron chi connectivity index (χ0n) is 16.2. The first kappa shape index (κ1) is 17.6. The van der Waals surface area contributed by atoms with Gasteiger partial charge in [0.1, 0.15) is 18.1 Å². The Morgan fingerprint density at radius 2 is 2.07 bits per heavy atom. The van der Waals surface area contributed by atoms with E-state index in [2.05, 4.69) is 27.6 Å². The number of aldehydes is 1. The molecule has 2 heterocycles. The lowest BCUT2D eigenvalue weighted by Gasteiger charge is -2.35. The van der Waals surface area contributed by atoms with E-state index in [0.717, 1.165) is 40.4 Å². The van der Waals surface area contributed by atoms with Crippen LogP contribution >= 0.6 is 0 Å². The number of aromatic nitrogens is 2. The predicted octanol–water partition coefficient (Wildman–Crippen LogP) is 3.09. The molecule has 2 aromatic rings. The minimum Gasteiger partial charge on any atom is -0.378 e. The van der Waals surface area contributed by atoms with Crippen LogP contribution in [-0.4, -0.2) is 47.5 Å². The van der Waals surface area contributed by atoms with Crippen LogP contribution in [0.25, 0.3) is 0 Å². The molecule has 1 saturated carbocycles. The molecule has 1 aromatic heterocycles. The molecule has 142 valence electrons. The van der Waals surface area contributed by atoms with Crippen molar-refractivity contribution in [2.75, 3.05) is 24.3 Å². The van der Waals surface area contributed by atoms with E-state index in [0.29, 0.717) is 5.92 Å². The second kappa shape index (κ2) is 6.72. The van der Waals surface area contributed by atoms with Gasteiger partial charge in [0.15, 0.2) is 5.84 Å². The molecule has 1 unspecified atom stereocenters. The molecule has 2 N–H and O–H groups in total. The molecule has 0 radical (unpaired) electrons. The van der Waals surface area contributed by atoms with E-state index in [9.17, 15) is 4.79 Å². The van der Waals surface area contributed by atoms with Crippen LogP contribution < -0.4 is 10.2 Å². The molecule has 0 spiro atoms. The maximum atomic E-state index is 11.9. The third kappa shape index (κ3) is 3.29. The van der Waals surface area contributed by atoms with Crippen molar-refractivity contribution in [3.63, 3.8) is 0 Å². The molecule has 1 fully saturated rings. The first-order valence-electron chi connectivity index (χ1n) is 9.44. The lowest BCUT2D eigenvalue weighted by Crippen LogP contribution is -2.38. The first-order chi connectivity index (χ1) is 13.0. The smallest absolute Gasteiger partial charge is 0.159 e. The monoisotopic (exact) mass is 366 g/mol. The molecule has 7 heteroatoms. The number of hydrogen-bond donors (Lipinski definition) is 2. The highest BCUT2D eigenvalue weighted by Gasteiger charge is 2.31. The molecule has 0 amide bonds. The van der Waals surface area contributed by atoms with Crippen molar-refractivity contribution in [3.8, 4) is 0 Å². The number of carbonyl (C=O) groups excluding carboxylic acids is 1. The second-order valence-corrected chi connectivity index (χ2v) is 7.78. The summed E-state index contributed by atoms with van der Waals surface area (Å²) >= 11 is 0. The van der Waals surface area contributed by atoms with Gasteiger partial charge in [0.2, 0.25) is 0 Å². The Bertz CT molecular complexity index is 880. The molecule has 0 saturated heterocycles.